The van der Waals surface area contributed by atoms with Gasteiger partial charge in [0, 0.05) is 4.47 Å². The summed E-state index contributed by atoms with van der Waals surface area (Å²) < 4.78 is 14.0. The summed E-state index contributed by atoms with van der Waals surface area (Å²) in [6.45, 7) is 0. The van der Waals surface area contributed by atoms with Crippen molar-refractivity contribution < 1.29 is 9.18 Å². The van der Waals surface area contributed by atoms with E-state index in [9.17, 15) is 9.18 Å². The van der Waals surface area contributed by atoms with Gasteiger partial charge in [0.25, 0.3) is 0 Å². The molecule has 19 heavy (non-hydrogen) atoms. The molecule has 0 aliphatic heterocycles. The highest BCUT2D eigenvalue weighted by molar-refractivity contribution is 9.10. The first-order chi connectivity index (χ1) is 9.04. The van der Waals surface area contributed by atoms with Gasteiger partial charge in [-0.1, -0.05) is 28.1 Å². The lowest BCUT2D eigenvalue weighted by atomic mass is 10.1. The van der Waals surface area contributed by atoms with Crippen molar-refractivity contribution >= 4 is 33.2 Å². The van der Waals surface area contributed by atoms with Gasteiger partial charge < -0.3 is 11.1 Å². The Kier molecular flexibility index (Phi) is 4.16. The van der Waals surface area contributed by atoms with E-state index in [0.29, 0.717) is 11.4 Å². The number of hydrogen-bond donors (Lipinski definition) is 2. The van der Waals surface area contributed by atoms with Crippen LogP contribution in [0.15, 0.2) is 46.9 Å². The predicted octanol–water partition coefficient (Wildman–Crippen LogP) is 3.35. The summed E-state index contributed by atoms with van der Waals surface area (Å²) in [5.74, 6) is -0.678. The van der Waals surface area contributed by atoms with Gasteiger partial charge in [-0.15, -0.1) is 0 Å². The average Bonchev–Trinajstić information content (AvgIpc) is 2.34. The van der Waals surface area contributed by atoms with E-state index in [4.69, 9.17) is 5.73 Å². The highest BCUT2D eigenvalue weighted by Crippen LogP contribution is 2.19. The molecule has 3 N–H and O–H groups in total. The number of halogens is 2. The smallest absolute Gasteiger partial charge is 0.228 e. The minimum Gasteiger partial charge on any atom is -0.397 e. The SMILES string of the molecule is Nc1ccc(F)cc1NC(=O)Cc1cccc(Br)c1. The maximum atomic E-state index is 13.1. The van der Waals surface area contributed by atoms with Gasteiger partial charge in [0.2, 0.25) is 5.91 Å². The first kappa shape index (κ1) is 13.5. The van der Waals surface area contributed by atoms with Crippen LogP contribution >= 0.6 is 15.9 Å². The number of nitrogens with two attached hydrogens (primary N) is 1. The highest BCUT2D eigenvalue weighted by atomic mass is 79.9. The second-order valence-electron chi connectivity index (χ2n) is 4.09. The lowest BCUT2D eigenvalue weighted by Crippen LogP contribution is -2.15. The number of carbonyl (C=O) groups is 1. The lowest BCUT2D eigenvalue weighted by Gasteiger charge is -2.08. The number of carbonyl (C=O) groups excluding carboxylic acids is 1. The van der Waals surface area contributed by atoms with Crippen molar-refractivity contribution in [2.24, 2.45) is 0 Å². The van der Waals surface area contributed by atoms with E-state index in [0.717, 1.165) is 10.0 Å². The molecule has 0 aromatic heterocycles. The Morgan fingerprint density at radius 3 is 2.79 bits per heavy atom. The summed E-state index contributed by atoms with van der Waals surface area (Å²) in [6.07, 6.45) is 0.204. The van der Waals surface area contributed by atoms with Crippen LogP contribution in [0.2, 0.25) is 0 Å². The number of hydrogen-bond acceptors (Lipinski definition) is 2. The number of nitrogens with one attached hydrogen (secondary N) is 1. The zero-order chi connectivity index (χ0) is 13.8. The van der Waals surface area contributed by atoms with Crippen LogP contribution in [-0.4, -0.2) is 5.91 Å². The molecule has 2 aromatic carbocycles. The summed E-state index contributed by atoms with van der Waals surface area (Å²) in [4.78, 5) is 11.9. The van der Waals surface area contributed by atoms with Crippen LogP contribution in [0.4, 0.5) is 15.8 Å². The Labute approximate surface area is 118 Å². The quantitative estimate of drug-likeness (QED) is 0.851. The molecule has 98 valence electrons. The molecule has 2 rings (SSSR count). The summed E-state index contributed by atoms with van der Waals surface area (Å²) >= 11 is 3.34. The third-order valence-electron chi connectivity index (χ3n) is 2.54. The topological polar surface area (TPSA) is 55.1 Å². The van der Waals surface area contributed by atoms with Crippen LogP contribution in [0.1, 0.15) is 5.56 Å². The molecular weight excluding hydrogens is 311 g/mol. The molecule has 0 heterocycles. The monoisotopic (exact) mass is 322 g/mol. The molecular formula is C14H12BrFN2O. The second kappa shape index (κ2) is 5.84. The van der Waals surface area contributed by atoms with E-state index in [1.165, 1.54) is 18.2 Å². The highest BCUT2D eigenvalue weighted by Gasteiger charge is 2.07. The summed E-state index contributed by atoms with van der Waals surface area (Å²) in [7, 11) is 0. The third-order valence-corrected chi connectivity index (χ3v) is 3.04. The normalized spacial score (nSPS) is 10.2. The van der Waals surface area contributed by atoms with Gasteiger partial charge in [-0.2, -0.15) is 0 Å². The molecule has 0 bridgehead atoms. The van der Waals surface area contributed by atoms with Crippen molar-refractivity contribution in [2.75, 3.05) is 11.1 Å². The van der Waals surface area contributed by atoms with E-state index in [1.807, 2.05) is 24.3 Å². The molecule has 0 saturated heterocycles. The van der Waals surface area contributed by atoms with Crippen LogP contribution in [0.3, 0.4) is 0 Å². The van der Waals surface area contributed by atoms with E-state index in [1.54, 1.807) is 0 Å². The molecule has 5 heteroatoms. The molecule has 0 aliphatic rings. The van der Waals surface area contributed by atoms with Crippen LogP contribution in [0.25, 0.3) is 0 Å². The lowest BCUT2D eigenvalue weighted by molar-refractivity contribution is -0.115. The molecule has 0 atom stereocenters. The fourth-order valence-corrected chi connectivity index (χ4v) is 2.11. The zero-order valence-corrected chi connectivity index (χ0v) is 11.6. The Morgan fingerprint density at radius 1 is 1.26 bits per heavy atom. The van der Waals surface area contributed by atoms with Crippen LogP contribution in [0.5, 0.6) is 0 Å². The zero-order valence-electron chi connectivity index (χ0n) is 9.99. The first-order valence-corrected chi connectivity index (χ1v) is 6.43. The van der Waals surface area contributed by atoms with E-state index in [-0.39, 0.29) is 12.3 Å². The van der Waals surface area contributed by atoms with Gasteiger partial charge in [0.05, 0.1) is 17.8 Å². The maximum Gasteiger partial charge on any atom is 0.228 e. The van der Waals surface area contributed by atoms with Crippen molar-refractivity contribution in [3.8, 4) is 0 Å². The van der Waals surface area contributed by atoms with Gasteiger partial charge >= 0.3 is 0 Å². The Morgan fingerprint density at radius 2 is 2.05 bits per heavy atom. The first-order valence-electron chi connectivity index (χ1n) is 5.64. The Balaban J connectivity index is 2.07. The predicted molar refractivity (Wildman–Crippen MR) is 77.3 cm³/mol. The molecule has 2 aromatic rings. The molecule has 0 fully saturated rings. The fraction of sp³-hybridized carbons (Fsp3) is 0.0714. The number of nitrogen functional groups attached to an aromatic ring is 1. The summed E-state index contributed by atoms with van der Waals surface area (Å²) in [5, 5.41) is 2.60. The Hall–Kier alpha value is -1.88. The molecule has 0 radical (unpaired) electrons. The van der Waals surface area contributed by atoms with Gasteiger partial charge in [-0.3, -0.25) is 4.79 Å². The number of benzene rings is 2. The van der Waals surface area contributed by atoms with Crippen LogP contribution in [0, 0.1) is 5.82 Å². The van der Waals surface area contributed by atoms with Crippen LogP contribution < -0.4 is 11.1 Å². The van der Waals surface area contributed by atoms with Crippen molar-refractivity contribution in [3.05, 3.63) is 58.3 Å². The van der Waals surface area contributed by atoms with Gasteiger partial charge in [-0.05, 0) is 35.9 Å². The molecule has 0 unspecified atom stereocenters. The maximum absolute atomic E-state index is 13.1. The van der Waals surface area contributed by atoms with Gasteiger partial charge in [0.1, 0.15) is 5.82 Å². The fourth-order valence-electron chi connectivity index (χ4n) is 1.66. The van der Waals surface area contributed by atoms with E-state index in [2.05, 4.69) is 21.2 Å². The minimum absolute atomic E-state index is 0.204. The van der Waals surface area contributed by atoms with Gasteiger partial charge in [0.15, 0.2) is 0 Å². The van der Waals surface area contributed by atoms with Gasteiger partial charge in [-0.25, -0.2) is 4.39 Å². The standard InChI is InChI=1S/C14H12BrFN2O/c15-10-3-1-2-9(6-10)7-14(19)18-13-8-11(16)4-5-12(13)17/h1-6,8H,7,17H2,(H,18,19). The van der Waals surface area contributed by atoms with E-state index < -0.39 is 5.82 Å². The number of amides is 1. The van der Waals surface area contributed by atoms with E-state index >= 15 is 0 Å². The summed E-state index contributed by atoms with van der Waals surface area (Å²) in [6, 6.07) is 11.3. The molecule has 0 aliphatic carbocycles. The average molecular weight is 323 g/mol. The molecule has 1 amide bonds. The largest absolute Gasteiger partial charge is 0.397 e. The number of rotatable bonds is 3. The van der Waals surface area contributed by atoms with Crippen molar-refractivity contribution in [3.63, 3.8) is 0 Å². The Bertz CT molecular complexity index is 616. The molecule has 0 saturated carbocycles. The number of anilines is 2. The second-order valence-corrected chi connectivity index (χ2v) is 5.00. The third kappa shape index (κ3) is 3.79. The molecule has 3 nitrogen and oxygen atoms in total. The van der Waals surface area contributed by atoms with Crippen molar-refractivity contribution in [1.82, 2.24) is 0 Å². The van der Waals surface area contributed by atoms with Crippen LogP contribution in [-0.2, 0) is 11.2 Å². The van der Waals surface area contributed by atoms with Crippen molar-refractivity contribution in [1.29, 1.82) is 0 Å². The molecule has 0 spiro atoms. The van der Waals surface area contributed by atoms with Crippen molar-refractivity contribution in [2.45, 2.75) is 6.42 Å². The minimum atomic E-state index is -0.438. The summed E-state index contributed by atoms with van der Waals surface area (Å²) in [5.41, 5.74) is 7.16.